The van der Waals surface area contributed by atoms with Crippen LogP contribution in [-0.4, -0.2) is 30.9 Å². The normalized spacial score (nSPS) is 11.2. The molecule has 0 aliphatic carbocycles. The van der Waals surface area contributed by atoms with E-state index in [0.29, 0.717) is 17.1 Å². The van der Waals surface area contributed by atoms with Gasteiger partial charge in [0.15, 0.2) is 0 Å². The summed E-state index contributed by atoms with van der Waals surface area (Å²) in [7, 11) is 0. The van der Waals surface area contributed by atoms with Crippen LogP contribution in [0.4, 0.5) is 5.69 Å². The summed E-state index contributed by atoms with van der Waals surface area (Å²) in [6.45, 7) is 5.24. The van der Waals surface area contributed by atoms with Crippen LogP contribution < -0.4 is 0 Å². The van der Waals surface area contributed by atoms with Gasteiger partial charge in [-0.05, 0) is 26.3 Å². The van der Waals surface area contributed by atoms with Crippen LogP contribution in [0.15, 0.2) is 48.8 Å². The minimum atomic E-state index is -1.05. The van der Waals surface area contributed by atoms with Crippen LogP contribution in [0.25, 0.3) is 5.69 Å². The number of ether oxygens (including phenoxy) is 1. The van der Waals surface area contributed by atoms with E-state index in [1.165, 1.54) is 16.9 Å². The molecule has 2 aromatic heterocycles. The third kappa shape index (κ3) is 3.88. The maximum atomic E-state index is 12.6. The van der Waals surface area contributed by atoms with Gasteiger partial charge in [-0.1, -0.05) is 35.5 Å². The smallest absolute Gasteiger partial charge is 0.318 e. The number of nitrogens with zero attached hydrogens (tertiary/aromatic N) is 5. The molecule has 0 aliphatic rings. The number of pyridine rings is 1. The molecule has 0 saturated carbocycles. The van der Waals surface area contributed by atoms with Crippen LogP contribution in [0, 0.1) is 17.0 Å². The summed E-state index contributed by atoms with van der Waals surface area (Å²) >= 11 is 0. The van der Waals surface area contributed by atoms with Crippen molar-refractivity contribution in [1.82, 2.24) is 20.0 Å². The predicted octanol–water partition coefficient (Wildman–Crippen LogP) is 2.90. The zero-order valence-corrected chi connectivity index (χ0v) is 15.7. The summed E-state index contributed by atoms with van der Waals surface area (Å²) in [5.41, 5.74) is 1.03. The van der Waals surface area contributed by atoms with Gasteiger partial charge in [0.2, 0.25) is 0 Å². The molecule has 144 valence electrons. The van der Waals surface area contributed by atoms with Gasteiger partial charge in [-0.3, -0.25) is 19.9 Å². The third-order valence-electron chi connectivity index (χ3n) is 4.36. The van der Waals surface area contributed by atoms with Crippen molar-refractivity contribution in [3.05, 3.63) is 75.9 Å². The van der Waals surface area contributed by atoms with Crippen LogP contribution in [0.5, 0.6) is 0 Å². The van der Waals surface area contributed by atoms with Gasteiger partial charge in [-0.2, -0.15) is 0 Å². The molecule has 2 heterocycles. The number of esters is 1. The zero-order valence-electron chi connectivity index (χ0n) is 15.7. The Morgan fingerprint density at radius 1 is 1.29 bits per heavy atom. The lowest BCUT2D eigenvalue weighted by molar-refractivity contribution is -0.385. The number of hydrogen-bond acceptors (Lipinski definition) is 7. The Morgan fingerprint density at radius 3 is 2.68 bits per heavy atom. The Bertz CT molecular complexity index is 1010. The minimum Gasteiger partial charge on any atom is -0.460 e. The van der Waals surface area contributed by atoms with E-state index in [4.69, 9.17) is 4.74 Å². The van der Waals surface area contributed by atoms with Crippen LogP contribution >= 0.6 is 0 Å². The Kier molecular flexibility index (Phi) is 5.16. The molecule has 0 spiro atoms. The topological polar surface area (TPSA) is 113 Å². The summed E-state index contributed by atoms with van der Waals surface area (Å²) in [5, 5.41) is 19.1. The first-order chi connectivity index (χ1) is 13.3. The van der Waals surface area contributed by atoms with Gasteiger partial charge in [-0.25, -0.2) is 4.68 Å². The van der Waals surface area contributed by atoms with Crippen molar-refractivity contribution in [2.24, 2.45) is 0 Å². The largest absolute Gasteiger partial charge is 0.460 e. The Morgan fingerprint density at radius 2 is 2.00 bits per heavy atom. The second kappa shape index (κ2) is 7.55. The van der Waals surface area contributed by atoms with E-state index in [0.717, 1.165) is 5.56 Å². The van der Waals surface area contributed by atoms with Crippen LogP contribution in [-0.2, 0) is 21.6 Å². The van der Waals surface area contributed by atoms with Gasteiger partial charge in [0, 0.05) is 6.07 Å². The molecule has 0 bridgehead atoms. The predicted molar refractivity (Wildman–Crippen MR) is 99.8 cm³/mol. The van der Waals surface area contributed by atoms with E-state index in [1.807, 2.05) is 30.3 Å². The fourth-order valence-corrected chi connectivity index (χ4v) is 2.52. The summed E-state index contributed by atoms with van der Waals surface area (Å²) in [6.07, 6.45) is 2.74. The van der Waals surface area contributed by atoms with Gasteiger partial charge in [0.1, 0.15) is 18.2 Å². The molecule has 1 aromatic carbocycles. The number of nitro groups is 1. The molecule has 9 nitrogen and oxygen atoms in total. The SMILES string of the molecule is Cc1ncc([N+](=O)[O-])cc1-n1cc(C(C)(C)C(=O)OCc2ccccc2)nn1. The molecule has 28 heavy (non-hydrogen) atoms. The van der Waals surface area contributed by atoms with Crippen molar-refractivity contribution in [2.45, 2.75) is 32.8 Å². The zero-order chi connectivity index (χ0) is 20.3. The minimum absolute atomic E-state index is 0.154. The van der Waals surface area contributed by atoms with Crippen molar-refractivity contribution >= 4 is 11.7 Å². The maximum absolute atomic E-state index is 12.6. The van der Waals surface area contributed by atoms with Crippen molar-refractivity contribution in [2.75, 3.05) is 0 Å². The van der Waals surface area contributed by atoms with Gasteiger partial charge in [0.25, 0.3) is 5.69 Å². The fraction of sp³-hybridized carbons (Fsp3) is 0.263. The molecule has 0 unspecified atom stereocenters. The van der Waals surface area contributed by atoms with Crippen molar-refractivity contribution in [1.29, 1.82) is 0 Å². The molecular formula is C19H19N5O4. The lowest BCUT2D eigenvalue weighted by Crippen LogP contribution is -2.31. The molecule has 3 rings (SSSR count). The van der Waals surface area contributed by atoms with Gasteiger partial charge in [0.05, 0.1) is 28.2 Å². The highest BCUT2D eigenvalue weighted by molar-refractivity contribution is 5.81. The quantitative estimate of drug-likeness (QED) is 0.366. The Hall–Kier alpha value is -3.62. The molecule has 0 saturated heterocycles. The third-order valence-corrected chi connectivity index (χ3v) is 4.36. The van der Waals surface area contributed by atoms with E-state index < -0.39 is 16.3 Å². The van der Waals surface area contributed by atoms with Crippen LogP contribution in [0.1, 0.15) is 30.8 Å². The van der Waals surface area contributed by atoms with Gasteiger partial charge >= 0.3 is 5.97 Å². The molecule has 9 heteroatoms. The summed E-state index contributed by atoms with van der Waals surface area (Å²) < 4.78 is 6.79. The first-order valence-electron chi connectivity index (χ1n) is 8.54. The monoisotopic (exact) mass is 381 g/mol. The first kappa shape index (κ1) is 19.2. The van der Waals surface area contributed by atoms with Crippen LogP contribution in [0.3, 0.4) is 0 Å². The number of carbonyl (C=O) groups is 1. The molecule has 0 N–H and O–H groups in total. The van der Waals surface area contributed by atoms with E-state index >= 15 is 0 Å². The highest BCUT2D eigenvalue weighted by Gasteiger charge is 2.35. The van der Waals surface area contributed by atoms with Crippen molar-refractivity contribution in [3.63, 3.8) is 0 Å². The standard InChI is InChI=1S/C19H19N5O4/c1-13-16(9-15(10-20-13)24(26)27)23-11-17(21-22-23)19(2,3)18(25)28-12-14-7-5-4-6-8-14/h4-11H,12H2,1-3H3. The summed E-state index contributed by atoms with van der Waals surface area (Å²) in [6, 6.07) is 10.7. The fourth-order valence-electron chi connectivity index (χ4n) is 2.52. The van der Waals surface area contributed by atoms with Crippen molar-refractivity contribution < 1.29 is 14.5 Å². The number of carbonyl (C=O) groups excluding carboxylic acids is 1. The highest BCUT2D eigenvalue weighted by atomic mass is 16.6. The Labute approximate surface area is 161 Å². The second-order valence-electron chi connectivity index (χ2n) is 6.79. The highest BCUT2D eigenvalue weighted by Crippen LogP contribution is 2.25. The maximum Gasteiger partial charge on any atom is 0.318 e. The number of hydrogen-bond donors (Lipinski definition) is 0. The molecule has 0 atom stereocenters. The number of benzene rings is 1. The average Bonchev–Trinajstić information content (AvgIpc) is 3.17. The Balaban J connectivity index is 1.81. The lowest BCUT2D eigenvalue weighted by atomic mass is 9.90. The molecule has 0 fully saturated rings. The molecule has 0 aliphatic heterocycles. The molecule has 3 aromatic rings. The lowest BCUT2D eigenvalue weighted by Gasteiger charge is -2.19. The van der Waals surface area contributed by atoms with Gasteiger partial charge in [-0.15, -0.1) is 5.10 Å². The first-order valence-corrected chi connectivity index (χ1v) is 8.54. The number of aromatic nitrogens is 4. The average molecular weight is 381 g/mol. The van der Waals surface area contributed by atoms with Crippen molar-refractivity contribution in [3.8, 4) is 5.69 Å². The molecular weight excluding hydrogens is 362 g/mol. The van der Waals surface area contributed by atoms with E-state index in [1.54, 1.807) is 27.0 Å². The molecule has 0 amide bonds. The summed E-state index contributed by atoms with van der Waals surface area (Å²) in [5.74, 6) is -0.447. The van der Waals surface area contributed by atoms with E-state index in [2.05, 4.69) is 15.3 Å². The molecule has 0 radical (unpaired) electrons. The van der Waals surface area contributed by atoms with Gasteiger partial charge < -0.3 is 4.74 Å². The summed E-state index contributed by atoms with van der Waals surface area (Å²) in [4.78, 5) is 27.1. The van der Waals surface area contributed by atoms with Crippen LogP contribution in [0.2, 0.25) is 0 Å². The van der Waals surface area contributed by atoms with E-state index in [9.17, 15) is 14.9 Å². The van der Waals surface area contributed by atoms with E-state index in [-0.39, 0.29) is 12.3 Å². The second-order valence-corrected chi connectivity index (χ2v) is 6.79. The number of rotatable bonds is 6. The number of aryl methyl sites for hydroxylation is 1.